The Balaban J connectivity index is 1.57. The molecule has 1 amide bonds. The number of carbonyl (C=O) groups is 1. The second-order valence-electron chi connectivity index (χ2n) is 6.67. The number of likely N-dealkylation sites (tertiary alicyclic amines) is 1. The molecule has 3 rings (SSSR count). The van der Waals surface area contributed by atoms with E-state index >= 15 is 0 Å². The van der Waals surface area contributed by atoms with Gasteiger partial charge in [0.2, 0.25) is 5.91 Å². The molecule has 24 heavy (non-hydrogen) atoms. The van der Waals surface area contributed by atoms with Crippen molar-refractivity contribution in [1.29, 1.82) is 0 Å². The summed E-state index contributed by atoms with van der Waals surface area (Å²) < 4.78 is 7.05. The highest BCUT2D eigenvalue weighted by atomic mass is 16.5. The third kappa shape index (κ3) is 3.87. The average Bonchev–Trinajstić information content (AvgIpc) is 3.06. The summed E-state index contributed by atoms with van der Waals surface area (Å²) in [4.78, 5) is 28.8. The Bertz CT molecular complexity index is 610. The van der Waals surface area contributed by atoms with Gasteiger partial charge in [0.15, 0.2) is 0 Å². The van der Waals surface area contributed by atoms with Gasteiger partial charge in [0.1, 0.15) is 0 Å². The topological polar surface area (TPSA) is 54.8 Å². The van der Waals surface area contributed by atoms with Gasteiger partial charge in [-0.3, -0.25) is 14.5 Å². The predicted octanol–water partition coefficient (Wildman–Crippen LogP) is 0.808. The first-order valence-corrected chi connectivity index (χ1v) is 8.94. The third-order valence-electron chi connectivity index (χ3n) is 5.26. The molecule has 2 aliphatic rings. The number of hydrogen-bond acceptors (Lipinski definition) is 4. The lowest BCUT2D eigenvalue weighted by Gasteiger charge is -2.34. The van der Waals surface area contributed by atoms with Crippen LogP contribution in [0.4, 0.5) is 0 Å². The molecule has 2 fully saturated rings. The molecule has 0 spiro atoms. The molecule has 0 N–H and O–H groups in total. The van der Waals surface area contributed by atoms with Gasteiger partial charge in [0, 0.05) is 57.4 Å². The molecule has 2 aliphatic heterocycles. The number of nitrogens with zero attached hydrogens (tertiary/aromatic N) is 3. The standard InChI is InChI=1S/C18H27N3O3/c1-2-15-13-21(14-16(15)19-9-11-24-12-10-19)18(23)6-8-20-7-4-3-5-17(20)22/h3-5,7,15-16H,2,6,8-14H2,1H3/t15-,16+/m0/s1. The molecule has 2 atom stereocenters. The summed E-state index contributed by atoms with van der Waals surface area (Å²) in [6.45, 7) is 7.80. The fourth-order valence-corrected chi connectivity index (χ4v) is 3.80. The van der Waals surface area contributed by atoms with Gasteiger partial charge in [0.25, 0.3) is 5.56 Å². The Hall–Kier alpha value is -1.66. The fraction of sp³-hybridized carbons (Fsp3) is 0.667. The Morgan fingerprint density at radius 3 is 2.75 bits per heavy atom. The van der Waals surface area contributed by atoms with Crippen LogP contribution in [0.25, 0.3) is 0 Å². The quantitative estimate of drug-likeness (QED) is 0.800. The molecule has 1 aromatic rings. The maximum atomic E-state index is 12.6. The normalized spacial score (nSPS) is 25.1. The summed E-state index contributed by atoms with van der Waals surface area (Å²) in [5.74, 6) is 0.687. The minimum atomic E-state index is -0.0515. The van der Waals surface area contributed by atoms with Gasteiger partial charge in [-0.15, -0.1) is 0 Å². The number of pyridine rings is 1. The first kappa shape index (κ1) is 17.2. The lowest BCUT2D eigenvalue weighted by Crippen LogP contribution is -2.47. The Morgan fingerprint density at radius 1 is 1.25 bits per heavy atom. The van der Waals surface area contributed by atoms with Crippen LogP contribution >= 0.6 is 0 Å². The van der Waals surface area contributed by atoms with E-state index in [-0.39, 0.29) is 11.5 Å². The highest BCUT2D eigenvalue weighted by Crippen LogP contribution is 2.26. The monoisotopic (exact) mass is 333 g/mol. The molecule has 0 radical (unpaired) electrons. The second-order valence-corrected chi connectivity index (χ2v) is 6.67. The maximum Gasteiger partial charge on any atom is 0.250 e. The molecule has 0 aliphatic carbocycles. The Kier molecular flexibility index (Phi) is 5.68. The number of carbonyl (C=O) groups excluding carboxylic acids is 1. The van der Waals surface area contributed by atoms with Crippen molar-refractivity contribution in [1.82, 2.24) is 14.4 Å². The van der Waals surface area contributed by atoms with Crippen LogP contribution in [0.2, 0.25) is 0 Å². The van der Waals surface area contributed by atoms with Crippen molar-refractivity contribution in [3.63, 3.8) is 0 Å². The van der Waals surface area contributed by atoms with Gasteiger partial charge in [0.05, 0.1) is 13.2 Å². The number of ether oxygens (including phenoxy) is 1. The first-order valence-electron chi connectivity index (χ1n) is 8.94. The number of morpholine rings is 1. The van der Waals surface area contributed by atoms with Gasteiger partial charge < -0.3 is 14.2 Å². The van der Waals surface area contributed by atoms with Gasteiger partial charge in [-0.05, 0) is 12.0 Å². The number of amides is 1. The summed E-state index contributed by atoms with van der Waals surface area (Å²) in [5, 5.41) is 0. The molecule has 0 bridgehead atoms. The van der Waals surface area contributed by atoms with Crippen molar-refractivity contribution in [2.75, 3.05) is 39.4 Å². The number of hydrogen-bond donors (Lipinski definition) is 0. The van der Waals surface area contributed by atoms with Gasteiger partial charge in [-0.25, -0.2) is 0 Å². The van der Waals surface area contributed by atoms with E-state index in [0.29, 0.717) is 24.9 Å². The van der Waals surface area contributed by atoms with Crippen LogP contribution in [-0.2, 0) is 16.1 Å². The maximum absolute atomic E-state index is 12.6. The van der Waals surface area contributed by atoms with E-state index in [1.807, 2.05) is 11.0 Å². The lowest BCUT2D eigenvalue weighted by atomic mass is 9.99. The zero-order valence-corrected chi connectivity index (χ0v) is 14.4. The molecule has 6 nitrogen and oxygen atoms in total. The van der Waals surface area contributed by atoms with E-state index in [0.717, 1.165) is 45.8 Å². The summed E-state index contributed by atoms with van der Waals surface area (Å²) >= 11 is 0. The first-order chi connectivity index (χ1) is 11.7. The smallest absolute Gasteiger partial charge is 0.250 e. The molecular formula is C18H27N3O3. The fourth-order valence-electron chi connectivity index (χ4n) is 3.80. The summed E-state index contributed by atoms with van der Waals surface area (Å²) in [6, 6.07) is 5.52. The lowest BCUT2D eigenvalue weighted by molar-refractivity contribution is -0.130. The molecule has 132 valence electrons. The molecule has 1 aromatic heterocycles. The van der Waals surface area contributed by atoms with Crippen LogP contribution in [0.1, 0.15) is 19.8 Å². The average molecular weight is 333 g/mol. The third-order valence-corrected chi connectivity index (χ3v) is 5.26. The van der Waals surface area contributed by atoms with Gasteiger partial charge in [-0.2, -0.15) is 0 Å². The zero-order valence-electron chi connectivity index (χ0n) is 14.4. The SMILES string of the molecule is CC[C@H]1CN(C(=O)CCn2ccccc2=O)C[C@H]1N1CCOCC1. The molecular weight excluding hydrogens is 306 g/mol. The van der Waals surface area contributed by atoms with E-state index in [2.05, 4.69) is 11.8 Å². The van der Waals surface area contributed by atoms with Crippen LogP contribution in [0.3, 0.4) is 0 Å². The van der Waals surface area contributed by atoms with E-state index < -0.39 is 0 Å². The van der Waals surface area contributed by atoms with Crippen LogP contribution < -0.4 is 5.56 Å². The van der Waals surface area contributed by atoms with Crippen LogP contribution in [0, 0.1) is 5.92 Å². The van der Waals surface area contributed by atoms with E-state index in [1.165, 1.54) is 6.07 Å². The van der Waals surface area contributed by atoms with Crippen molar-refractivity contribution in [2.45, 2.75) is 32.4 Å². The van der Waals surface area contributed by atoms with Crippen molar-refractivity contribution in [3.05, 3.63) is 34.7 Å². The Morgan fingerprint density at radius 2 is 2.04 bits per heavy atom. The summed E-state index contributed by atoms with van der Waals surface area (Å²) in [7, 11) is 0. The highest BCUT2D eigenvalue weighted by molar-refractivity contribution is 5.76. The van der Waals surface area contributed by atoms with Gasteiger partial charge in [-0.1, -0.05) is 19.4 Å². The predicted molar refractivity (Wildman–Crippen MR) is 91.9 cm³/mol. The van der Waals surface area contributed by atoms with E-state index in [4.69, 9.17) is 4.74 Å². The van der Waals surface area contributed by atoms with Crippen molar-refractivity contribution in [3.8, 4) is 0 Å². The second kappa shape index (κ2) is 7.94. The van der Waals surface area contributed by atoms with Crippen molar-refractivity contribution < 1.29 is 9.53 Å². The van der Waals surface area contributed by atoms with Gasteiger partial charge >= 0.3 is 0 Å². The number of aromatic nitrogens is 1. The largest absolute Gasteiger partial charge is 0.379 e. The van der Waals surface area contributed by atoms with E-state index in [1.54, 1.807) is 16.8 Å². The summed E-state index contributed by atoms with van der Waals surface area (Å²) in [6.07, 6.45) is 3.21. The van der Waals surface area contributed by atoms with Crippen LogP contribution in [-0.4, -0.2) is 65.7 Å². The Labute approximate surface area is 143 Å². The molecule has 3 heterocycles. The van der Waals surface area contributed by atoms with Crippen LogP contribution in [0.15, 0.2) is 29.2 Å². The minimum absolute atomic E-state index is 0.0515. The van der Waals surface area contributed by atoms with Crippen molar-refractivity contribution in [2.24, 2.45) is 5.92 Å². The van der Waals surface area contributed by atoms with Crippen LogP contribution in [0.5, 0.6) is 0 Å². The summed E-state index contributed by atoms with van der Waals surface area (Å²) in [5.41, 5.74) is -0.0515. The molecule has 2 saturated heterocycles. The van der Waals surface area contributed by atoms with Crippen molar-refractivity contribution >= 4 is 5.91 Å². The zero-order chi connectivity index (χ0) is 16.9. The molecule has 0 unspecified atom stereocenters. The minimum Gasteiger partial charge on any atom is -0.379 e. The number of rotatable bonds is 5. The molecule has 6 heteroatoms. The van der Waals surface area contributed by atoms with E-state index in [9.17, 15) is 9.59 Å². The highest BCUT2D eigenvalue weighted by Gasteiger charge is 2.37. The molecule has 0 aromatic carbocycles. The molecule has 0 saturated carbocycles. The number of aryl methyl sites for hydroxylation is 1.